The molecule has 2 N–H and O–H groups in total. The van der Waals surface area contributed by atoms with Gasteiger partial charge in [0.05, 0.1) is 10.7 Å². The van der Waals surface area contributed by atoms with Gasteiger partial charge in [-0.15, -0.1) is 0 Å². The fourth-order valence-electron chi connectivity index (χ4n) is 1.93. The molecule has 3 nitrogen and oxygen atoms in total. The topological polar surface area (TPSA) is 43.3 Å². The number of nitrogens with zero attached hydrogens (tertiary/aromatic N) is 2. The minimum atomic E-state index is 0.403. The predicted molar refractivity (Wildman–Crippen MR) is 67.0 cm³/mol. The number of imidazole rings is 1. The minimum absolute atomic E-state index is 0.403. The van der Waals surface area contributed by atoms with Gasteiger partial charge >= 0.3 is 0 Å². The Labute approximate surface area is 100 Å². The summed E-state index contributed by atoms with van der Waals surface area (Å²) in [5.74, 6) is 0.403. The van der Waals surface area contributed by atoms with Gasteiger partial charge in [-0.1, -0.05) is 25.4 Å². The average molecular weight is 238 g/mol. The Kier molecular flexibility index (Phi) is 3.17. The van der Waals surface area contributed by atoms with E-state index in [-0.39, 0.29) is 0 Å². The zero-order chi connectivity index (χ0) is 11.7. The summed E-state index contributed by atoms with van der Waals surface area (Å²) in [4.78, 5) is 4.62. The molecule has 0 aliphatic carbocycles. The van der Waals surface area contributed by atoms with E-state index < -0.39 is 0 Å². The van der Waals surface area contributed by atoms with Crippen LogP contribution in [0.5, 0.6) is 0 Å². The molecule has 0 aliphatic rings. The van der Waals surface area contributed by atoms with E-state index in [1.165, 1.54) is 5.69 Å². The molecular formula is C12H16ClN3. The molecule has 0 saturated carbocycles. The summed E-state index contributed by atoms with van der Waals surface area (Å²) in [6.45, 7) is 4.91. The molecule has 2 aromatic rings. The Morgan fingerprint density at radius 2 is 2.19 bits per heavy atom. The maximum Gasteiger partial charge on any atom is 0.137 e. The molecule has 0 amide bonds. The van der Waals surface area contributed by atoms with Crippen LogP contribution in [-0.2, 0) is 6.42 Å². The number of pyridine rings is 1. The molecule has 2 heterocycles. The van der Waals surface area contributed by atoms with Crippen LogP contribution in [-0.4, -0.2) is 15.9 Å². The number of aromatic nitrogens is 2. The van der Waals surface area contributed by atoms with Crippen LogP contribution in [0.15, 0.2) is 18.3 Å². The molecule has 0 aromatic carbocycles. The van der Waals surface area contributed by atoms with Crippen molar-refractivity contribution in [2.45, 2.75) is 26.2 Å². The molecule has 0 bridgehead atoms. The molecular weight excluding hydrogens is 222 g/mol. The first-order valence-electron chi connectivity index (χ1n) is 5.50. The lowest BCUT2D eigenvalue weighted by Crippen LogP contribution is -2.07. The molecule has 0 aliphatic heterocycles. The highest BCUT2D eigenvalue weighted by Gasteiger charge is 2.14. The van der Waals surface area contributed by atoms with E-state index in [4.69, 9.17) is 17.3 Å². The fraction of sp³-hybridized carbons (Fsp3) is 0.417. The smallest absolute Gasteiger partial charge is 0.137 e. The Bertz CT molecular complexity index is 502. The second-order valence-corrected chi connectivity index (χ2v) is 4.65. The Morgan fingerprint density at radius 1 is 1.44 bits per heavy atom. The van der Waals surface area contributed by atoms with Crippen LogP contribution in [0.3, 0.4) is 0 Å². The van der Waals surface area contributed by atoms with Gasteiger partial charge < -0.3 is 10.1 Å². The van der Waals surface area contributed by atoms with E-state index in [0.29, 0.717) is 12.5 Å². The van der Waals surface area contributed by atoms with Gasteiger partial charge in [0, 0.05) is 18.3 Å². The predicted octanol–water partition coefficient (Wildman–Crippen LogP) is 2.61. The summed E-state index contributed by atoms with van der Waals surface area (Å²) < 4.78 is 2.05. The molecule has 86 valence electrons. The Balaban J connectivity index is 2.67. The first-order valence-corrected chi connectivity index (χ1v) is 5.87. The molecule has 0 fully saturated rings. The van der Waals surface area contributed by atoms with Crippen molar-refractivity contribution < 1.29 is 0 Å². The fourth-order valence-corrected chi connectivity index (χ4v) is 2.09. The average Bonchev–Trinajstić information content (AvgIpc) is 2.58. The summed E-state index contributed by atoms with van der Waals surface area (Å²) in [6, 6.07) is 3.80. The van der Waals surface area contributed by atoms with Gasteiger partial charge in [-0.3, -0.25) is 0 Å². The Hall–Kier alpha value is -1.06. The SMILES string of the molecule is CC(C)c1nc2ccc(Cl)cn2c1CCN. The third kappa shape index (κ3) is 1.93. The quantitative estimate of drug-likeness (QED) is 0.892. The van der Waals surface area contributed by atoms with Gasteiger partial charge in [-0.2, -0.15) is 0 Å². The summed E-state index contributed by atoms with van der Waals surface area (Å²) in [6.07, 6.45) is 2.73. The largest absolute Gasteiger partial charge is 0.330 e. The standard InChI is InChI=1S/C12H16ClN3/c1-8(2)12-10(5-6-14)16-7-9(13)3-4-11(16)15-12/h3-4,7-8H,5-6,14H2,1-2H3. The van der Waals surface area contributed by atoms with Crippen LogP contribution in [0.4, 0.5) is 0 Å². The maximum absolute atomic E-state index is 6.00. The number of rotatable bonds is 3. The van der Waals surface area contributed by atoms with Crippen LogP contribution in [0.25, 0.3) is 5.65 Å². The van der Waals surface area contributed by atoms with Crippen LogP contribution >= 0.6 is 11.6 Å². The number of halogens is 1. The maximum atomic E-state index is 6.00. The zero-order valence-electron chi connectivity index (χ0n) is 9.57. The van der Waals surface area contributed by atoms with Crippen LogP contribution < -0.4 is 5.73 Å². The van der Waals surface area contributed by atoms with Crippen LogP contribution in [0.1, 0.15) is 31.2 Å². The van der Waals surface area contributed by atoms with Gasteiger partial charge in [0.25, 0.3) is 0 Å². The van der Waals surface area contributed by atoms with E-state index in [0.717, 1.165) is 22.8 Å². The van der Waals surface area contributed by atoms with Gasteiger partial charge in [-0.25, -0.2) is 4.98 Å². The lowest BCUT2D eigenvalue weighted by atomic mass is 10.1. The van der Waals surface area contributed by atoms with Crippen LogP contribution in [0, 0.1) is 0 Å². The molecule has 16 heavy (non-hydrogen) atoms. The van der Waals surface area contributed by atoms with E-state index in [2.05, 4.69) is 18.8 Å². The van der Waals surface area contributed by atoms with Crippen molar-refractivity contribution in [2.75, 3.05) is 6.54 Å². The molecule has 0 spiro atoms. The zero-order valence-corrected chi connectivity index (χ0v) is 10.3. The monoisotopic (exact) mass is 237 g/mol. The van der Waals surface area contributed by atoms with E-state index >= 15 is 0 Å². The van der Waals surface area contributed by atoms with E-state index in [1.54, 1.807) is 0 Å². The third-order valence-electron chi connectivity index (χ3n) is 2.64. The normalized spacial score (nSPS) is 11.6. The highest BCUT2D eigenvalue weighted by molar-refractivity contribution is 6.30. The lowest BCUT2D eigenvalue weighted by Gasteiger charge is -2.05. The lowest BCUT2D eigenvalue weighted by molar-refractivity contribution is 0.791. The Morgan fingerprint density at radius 3 is 2.81 bits per heavy atom. The van der Waals surface area contributed by atoms with Gasteiger partial charge in [0.15, 0.2) is 0 Å². The third-order valence-corrected chi connectivity index (χ3v) is 2.86. The number of hydrogen-bond acceptors (Lipinski definition) is 2. The summed E-state index contributed by atoms with van der Waals surface area (Å²) in [7, 11) is 0. The summed E-state index contributed by atoms with van der Waals surface area (Å²) in [5.41, 5.74) is 8.88. The minimum Gasteiger partial charge on any atom is -0.330 e. The van der Waals surface area contributed by atoms with E-state index in [9.17, 15) is 0 Å². The van der Waals surface area contributed by atoms with Crippen molar-refractivity contribution in [2.24, 2.45) is 5.73 Å². The first kappa shape index (κ1) is 11.4. The molecule has 2 aromatic heterocycles. The van der Waals surface area contributed by atoms with Crippen molar-refractivity contribution in [1.82, 2.24) is 9.38 Å². The summed E-state index contributed by atoms with van der Waals surface area (Å²) >= 11 is 6.00. The highest BCUT2D eigenvalue weighted by Crippen LogP contribution is 2.22. The van der Waals surface area contributed by atoms with Gasteiger partial charge in [0.1, 0.15) is 5.65 Å². The molecule has 0 unspecified atom stereocenters. The number of fused-ring (bicyclic) bond motifs is 1. The first-order chi connectivity index (χ1) is 7.63. The van der Waals surface area contributed by atoms with E-state index in [1.807, 2.05) is 22.7 Å². The van der Waals surface area contributed by atoms with Crippen molar-refractivity contribution in [3.05, 3.63) is 34.7 Å². The molecule has 0 saturated heterocycles. The van der Waals surface area contributed by atoms with Crippen molar-refractivity contribution >= 4 is 17.2 Å². The number of nitrogens with two attached hydrogens (primary N) is 1. The molecule has 0 radical (unpaired) electrons. The molecule has 4 heteroatoms. The van der Waals surface area contributed by atoms with Gasteiger partial charge in [0.2, 0.25) is 0 Å². The molecule has 0 atom stereocenters. The highest BCUT2D eigenvalue weighted by atomic mass is 35.5. The molecule has 2 rings (SSSR count). The second-order valence-electron chi connectivity index (χ2n) is 4.21. The van der Waals surface area contributed by atoms with Crippen molar-refractivity contribution in [1.29, 1.82) is 0 Å². The van der Waals surface area contributed by atoms with Crippen LogP contribution in [0.2, 0.25) is 5.02 Å². The second kappa shape index (κ2) is 4.44. The van der Waals surface area contributed by atoms with Crippen molar-refractivity contribution in [3.8, 4) is 0 Å². The summed E-state index contributed by atoms with van der Waals surface area (Å²) in [5, 5.41) is 0.721. The number of hydrogen-bond donors (Lipinski definition) is 1. The van der Waals surface area contributed by atoms with Crippen molar-refractivity contribution in [3.63, 3.8) is 0 Å². The van der Waals surface area contributed by atoms with Gasteiger partial charge in [-0.05, 0) is 24.6 Å².